The maximum atomic E-state index is 10.5. The van der Waals surface area contributed by atoms with Crippen LogP contribution in [0.3, 0.4) is 0 Å². The summed E-state index contributed by atoms with van der Waals surface area (Å²) in [5.41, 5.74) is 0. The minimum atomic E-state index is -0.161. The number of esters is 1. The van der Waals surface area contributed by atoms with Crippen LogP contribution in [0, 0.1) is 0 Å². The molecule has 0 N–H and O–H groups in total. The quantitative estimate of drug-likeness (QED) is 0.262. The zero-order valence-corrected chi connectivity index (χ0v) is 12.1. The third kappa shape index (κ3) is 15.2. The highest BCUT2D eigenvalue weighted by molar-refractivity contribution is 5.65. The highest BCUT2D eigenvalue weighted by Gasteiger charge is 1.94. The predicted molar refractivity (Wildman–Crippen MR) is 77.6 cm³/mol. The Morgan fingerprint density at radius 2 is 1.33 bits per heavy atom. The predicted octanol–water partition coefficient (Wildman–Crippen LogP) is 5.03. The standard InChI is InChI=1S/C16H30O2/c1-3-4-5-6-7-8-9-10-11-12-13-14-15-18-16(2)17/h3H,1,4-15H2,2H3. The fraction of sp³-hybridized carbons (Fsp3) is 0.812. The van der Waals surface area contributed by atoms with Crippen LogP contribution in [0.4, 0.5) is 0 Å². The van der Waals surface area contributed by atoms with E-state index in [4.69, 9.17) is 4.74 Å². The van der Waals surface area contributed by atoms with Crippen LogP contribution in [-0.2, 0) is 9.53 Å². The summed E-state index contributed by atoms with van der Waals surface area (Å²) < 4.78 is 4.89. The monoisotopic (exact) mass is 254 g/mol. The molecule has 0 atom stereocenters. The summed E-state index contributed by atoms with van der Waals surface area (Å²) in [6, 6.07) is 0. The molecule has 0 heterocycles. The number of hydrogen-bond donors (Lipinski definition) is 0. The van der Waals surface area contributed by atoms with Gasteiger partial charge in [-0.25, -0.2) is 0 Å². The summed E-state index contributed by atoms with van der Waals surface area (Å²) >= 11 is 0. The third-order valence-corrected chi connectivity index (χ3v) is 3.11. The highest BCUT2D eigenvalue weighted by Crippen LogP contribution is 2.11. The summed E-state index contributed by atoms with van der Waals surface area (Å²) in [5, 5.41) is 0. The molecule has 0 amide bonds. The van der Waals surface area contributed by atoms with Crippen molar-refractivity contribution in [2.75, 3.05) is 6.61 Å². The van der Waals surface area contributed by atoms with Crippen LogP contribution in [0.1, 0.15) is 77.6 Å². The van der Waals surface area contributed by atoms with Crippen molar-refractivity contribution in [1.82, 2.24) is 0 Å². The van der Waals surface area contributed by atoms with Crippen LogP contribution in [0.5, 0.6) is 0 Å². The molecule has 0 radical (unpaired) electrons. The number of carbonyl (C=O) groups excluding carboxylic acids is 1. The van der Waals surface area contributed by atoms with E-state index in [0.717, 1.165) is 6.42 Å². The molecule has 0 aromatic rings. The number of allylic oxidation sites excluding steroid dienone is 1. The van der Waals surface area contributed by atoms with Crippen molar-refractivity contribution in [2.45, 2.75) is 77.6 Å². The number of unbranched alkanes of at least 4 members (excludes halogenated alkanes) is 10. The van der Waals surface area contributed by atoms with Gasteiger partial charge in [0.1, 0.15) is 0 Å². The molecule has 2 nitrogen and oxygen atoms in total. The molecule has 0 aliphatic carbocycles. The van der Waals surface area contributed by atoms with Crippen molar-refractivity contribution in [3.63, 3.8) is 0 Å². The Morgan fingerprint density at radius 1 is 0.889 bits per heavy atom. The molecule has 0 unspecified atom stereocenters. The van der Waals surface area contributed by atoms with E-state index in [1.165, 1.54) is 71.1 Å². The topological polar surface area (TPSA) is 26.3 Å². The lowest BCUT2D eigenvalue weighted by atomic mass is 10.1. The van der Waals surface area contributed by atoms with Gasteiger partial charge in [-0.1, -0.05) is 57.4 Å². The Balaban J connectivity index is 2.94. The van der Waals surface area contributed by atoms with Gasteiger partial charge < -0.3 is 4.74 Å². The Bertz CT molecular complexity index is 199. The minimum absolute atomic E-state index is 0.161. The molecule has 0 aromatic carbocycles. The first-order chi connectivity index (χ1) is 8.77. The van der Waals surface area contributed by atoms with Gasteiger partial charge in [-0.2, -0.15) is 0 Å². The van der Waals surface area contributed by atoms with E-state index in [0.29, 0.717) is 6.61 Å². The molecule has 106 valence electrons. The van der Waals surface area contributed by atoms with Crippen molar-refractivity contribution in [3.8, 4) is 0 Å². The molecular weight excluding hydrogens is 224 g/mol. The van der Waals surface area contributed by atoms with E-state index in [2.05, 4.69) is 6.58 Å². The van der Waals surface area contributed by atoms with Gasteiger partial charge in [0.2, 0.25) is 0 Å². The Kier molecular flexibility index (Phi) is 13.6. The van der Waals surface area contributed by atoms with E-state index >= 15 is 0 Å². The van der Waals surface area contributed by atoms with Crippen LogP contribution in [0.15, 0.2) is 12.7 Å². The summed E-state index contributed by atoms with van der Waals surface area (Å²) in [5.74, 6) is -0.161. The fourth-order valence-corrected chi connectivity index (χ4v) is 2.02. The number of ether oxygens (including phenoxy) is 1. The lowest BCUT2D eigenvalue weighted by molar-refractivity contribution is -0.141. The minimum Gasteiger partial charge on any atom is -0.466 e. The summed E-state index contributed by atoms with van der Waals surface area (Å²) in [6.45, 7) is 5.79. The lowest BCUT2D eigenvalue weighted by Gasteiger charge is -2.03. The molecule has 2 heteroatoms. The Morgan fingerprint density at radius 3 is 1.78 bits per heavy atom. The second-order valence-electron chi connectivity index (χ2n) is 4.95. The summed E-state index contributed by atoms with van der Waals surface area (Å²) in [7, 11) is 0. The van der Waals surface area contributed by atoms with Gasteiger partial charge in [-0.15, -0.1) is 6.58 Å². The normalized spacial score (nSPS) is 10.3. The van der Waals surface area contributed by atoms with Gasteiger partial charge >= 0.3 is 5.97 Å². The van der Waals surface area contributed by atoms with Crippen LogP contribution >= 0.6 is 0 Å². The van der Waals surface area contributed by atoms with Gasteiger partial charge in [0.25, 0.3) is 0 Å². The smallest absolute Gasteiger partial charge is 0.302 e. The lowest BCUT2D eigenvalue weighted by Crippen LogP contribution is -2.00. The molecule has 18 heavy (non-hydrogen) atoms. The zero-order valence-electron chi connectivity index (χ0n) is 12.1. The average Bonchev–Trinajstić information content (AvgIpc) is 2.34. The van der Waals surface area contributed by atoms with Crippen LogP contribution < -0.4 is 0 Å². The molecular formula is C16H30O2. The van der Waals surface area contributed by atoms with Gasteiger partial charge in [-0.3, -0.25) is 4.79 Å². The van der Waals surface area contributed by atoms with Gasteiger partial charge in [0.15, 0.2) is 0 Å². The number of hydrogen-bond acceptors (Lipinski definition) is 2. The van der Waals surface area contributed by atoms with Crippen LogP contribution in [0.25, 0.3) is 0 Å². The Labute approximate surface area is 113 Å². The molecule has 0 aromatic heterocycles. The summed E-state index contributed by atoms with van der Waals surface area (Å²) in [4.78, 5) is 10.5. The van der Waals surface area contributed by atoms with Crippen molar-refractivity contribution >= 4 is 5.97 Å². The first-order valence-corrected chi connectivity index (χ1v) is 7.51. The SMILES string of the molecule is C=CCCCCCCCCCCCCOC(C)=O. The van der Waals surface area contributed by atoms with E-state index in [1.807, 2.05) is 6.08 Å². The van der Waals surface area contributed by atoms with Gasteiger partial charge in [0, 0.05) is 6.92 Å². The van der Waals surface area contributed by atoms with Crippen molar-refractivity contribution in [1.29, 1.82) is 0 Å². The molecule has 0 rings (SSSR count). The van der Waals surface area contributed by atoms with E-state index in [1.54, 1.807) is 0 Å². The molecule has 0 spiro atoms. The largest absolute Gasteiger partial charge is 0.466 e. The molecule has 0 aliphatic heterocycles. The summed E-state index contributed by atoms with van der Waals surface area (Å²) in [6.07, 6.45) is 16.1. The first-order valence-electron chi connectivity index (χ1n) is 7.51. The van der Waals surface area contributed by atoms with Gasteiger partial charge in [-0.05, 0) is 19.3 Å². The van der Waals surface area contributed by atoms with Crippen LogP contribution in [-0.4, -0.2) is 12.6 Å². The first kappa shape index (κ1) is 17.2. The maximum absolute atomic E-state index is 10.5. The van der Waals surface area contributed by atoms with E-state index in [9.17, 15) is 4.79 Å². The van der Waals surface area contributed by atoms with Gasteiger partial charge in [0.05, 0.1) is 6.61 Å². The Hall–Kier alpha value is -0.790. The maximum Gasteiger partial charge on any atom is 0.302 e. The van der Waals surface area contributed by atoms with E-state index < -0.39 is 0 Å². The fourth-order valence-electron chi connectivity index (χ4n) is 2.02. The number of rotatable bonds is 13. The number of carbonyl (C=O) groups is 1. The third-order valence-electron chi connectivity index (χ3n) is 3.11. The second kappa shape index (κ2) is 14.3. The second-order valence-corrected chi connectivity index (χ2v) is 4.95. The molecule has 0 saturated carbocycles. The van der Waals surface area contributed by atoms with Crippen molar-refractivity contribution < 1.29 is 9.53 Å². The van der Waals surface area contributed by atoms with E-state index in [-0.39, 0.29) is 5.97 Å². The zero-order chi connectivity index (χ0) is 13.5. The highest BCUT2D eigenvalue weighted by atomic mass is 16.5. The molecule has 0 aliphatic rings. The molecule has 0 bridgehead atoms. The molecule has 0 saturated heterocycles. The molecule has 0 fully saturated rings. The van der Waals surface area contributed by atoms with Crippen molar-refractivity contribution in [3.05, 3.63) is 12.7 Å². The van der Waals surface area contributed by atoms with Crippen molar-refractivity contribution in [2.24, 2.45) is 0 Å². The average molecular weight is 254 g/mol. The van der Waals surface area contributed by atoms with Crippen LogP contribution in [0.2, 0.25) is 0 Å².